The van der Waals surface area contributed by atoms with Gasteiger partial charge in [0.2, 0.25) is 0 Å². The number of alkyl halides is 3. The smallest absolute Gasteiger partial charge is 0.420 e. The van der Waals surface area contributed by atoms with E-state index in [2.05, 4.69) is 20.1 Å². The van der Waals surface area contributed by atoms with E-state index in [1.165, 1.54) is 36.7 Å². The van der Waals surface area contributed by atoms with Crippen LogP contribution in [-0.4, -0.2) is 65.9 Å². The van der Waals surface area contributed by atoms with Crippen LogP contribution < -0.4 is 15.0 Å². The van der Waals surface area contributed by atoms with Gasteiger partial charge in [0, 0.05) is 61.2 Å². The Morgan fingerprint density at radius 1 is 1.20 bits per heavy atom. The number of hydrogen-bond donors (Lipinski definition) is 1. The molecule has 4 heterocycles. The van der Waals surface area contributed by atoms with Gasteiger partial charge >= 0.3 is 5.57 Å². The van der Waals surface area contributed by atoms with E-state index < -0.39 is 26.6 Å². The van der Waals surface area contributed by atoms with Crippen LogP contribution >= 0.6 is 11.6 Å². The molecule has 2 aliphatic rings. The van der Waals surface area contributed by atoms with Gasteiger partial charge in [0.15, 0.2) is 16.1 Å². The van der Waals surface area contributed by atoms with Crippen molar-refractivity contribution in [3.05, 3.63) is 54.4 Å². The number of rotatable bonds is 8. The van der Waals surface area contributed by atoms with Crippen LogP contribution in [-0.2, 0) is 14.6 Å². The fourth-order valence-electron chi connectivity index (χ4n) is 4.91. The first-order valence-corrected chi connectivity index (χ1v) is 15.1. The van der Waals surface area contributed by atoms with E-state index in [0.29, 0.717) is 42.3 Å². The van der Waals surface area contributed by atoms with E-state index in [-0.39, 0.29) is 24.1 Å². The van der Waals surface area contributed by atoms with Crippen molar-refractivity contribution in [2.75, 3.05) is 36.2 Å². The molecule has 1 unspecified atom stereocenters. The quantitative estimate of drug-likeness (QED) is 0.373. The Balaban J connectivity index is 1.45. The summed E-state index contributed by atoms with van der Waals surface area (Å²) < 4.78 is 62.2. The Bertz CT molecular complexity index is 1470. The van der Waals surface area contributed by atoms with E-state index in [4.69, 9.17) is 16.3 Å². The highest BCUT2D eigenvalue weighted by Crippen LogP contribution is 2.36. The zero-order chi connectivity index (χ0) is 28.5. The molecule has 1 amide bonds. The summed E-state index contributed by atoms with van der Waals surface area (Å²) in [7, 11) is -3.23. The average molecular weight is 596 g/mol. The Labute approximate surface area is 235 Å². The fourth-order valence-corrected chi connectivity index (χ4v) is 5.98. The highest BCUT2D eigenvalue weighted by Gasteiger charge is 2.33. The molecule has 1 N–H and O–H groups in total. The Morgan fingerprint density at radius 2 is 1.98 bits per heavy atom. The fraction of sp³-hybridized carbons (Fsp3) is 0.423. The first kappa shape index (κ1) is 28.2. The number of anilines is 2. The molecule has 10 nitrogen and oxygen atoms in total. The zero-order valence-electron chi connectivity index (χ0n) is 21.6. The van der Waals surface area contributed by atoms with Crippen LogP contribution in [0.15, 0.2) is 48.8 Å². The molecule has 2 aromatic heterocycles. The molecule has 5 rings (SSSR count). The molecule has 0 bridgehead atoms. The first-order chi connectivity index (χ1) is 19.0. The maximum absolute atomic E-state index is 13.2. The third-order valence-electron chi connectivity index (χ3n) is 6.90. The van der Waals surface area contributed by atoms with Crippen molar-refractivity contribution in [1.82, 2.24) is 14.8 Å². The Morgan fingerprint density at radius 3 is 2.62 bits per heavy atom. The van der Waals surface area contributed by atoms with Crippen LogP contribution in [0.5, 0.6) is 5.75 Å². The summed E-state index contributed by atoms with van der Waals surface area (Å²) in [6, 6.07) is 8.83. The number of nitrogens with one attached hydrogen (secondary N) is 1. The molecule has 0 aliphatic carbocycles. The SMILES string of the molecule is CS(=O)(=O)[C@@H]1CCN(c2ncc(C(=O)Nc3ccc(OC(F)(F)Cl)cc3)cc2-c2ccnn2C2CCCCO2)C1. The van der Waals surface area contributed by atoms with E-state index in [1.807, 2.05) is 11.0 Å². The van der Waals surface area contributed by atoms with E-state index >= 15 is 0 Å². The number of halogens is 3. The number of carbonyl (C=O) groups excluding carboxylic acids is 1. The number of benzene rings is 1. The Kier molecular flexibility index (Phi) is 7.98. The number of hydrogen-bond acceptors (Lipinski definition) is 8. The molecule has 14 heteroatoms. The van der Waals surface area contributed by atoms with Gasteiger partial charge in [-0.05, 0) is 62.1 Å². The number of pyridine rings is 1. The molecule has 40 heavy (non-hydrogen) atoms. The van der Waals surface area contributed by atoms with Crippen LogP contribution in [0.1, 0.15) is 42.3 Å². The van der Waals surface area contributed by atoms with Crippen LogP contribution in [0.3, 0.4) is 0 Å². The predicted molar refractivity (Wildman–Crippen MR) is 146 cm³/mol. The van der Waals surface area contributed by atoms with Gasteiger partial charge in [0.25, 0.3) is 5.91 Å². The van der Waals surface area contributed by atoms with Gasteiger partial charge in [-0.3, -0.25) is 4.79 Å². The van der Waals surface area contributed by atoms with Crippen molar-refractivity contribution < 1.29 is 31.5 Å². The summed E-state index contributed by atoms with van der Waals surface area (Å²) in [5.41, 5.74) is -1.96. The second-order valence-corrected chi connectivity index (χ2v) is 12.6. The van der Waals surface area contributed by atoms with Crippen molar-refractivity contribution in [1.29, 1.82) is 0 Å². The Hall–Kier alpha value is -3.29. The standard InChI is InChI=1S/C26H28ClF2N5O5S/c1-40(36,37)20-10-12-33(16-20)24-21(22-9-11-31-34(22)23-4-2-3-13-38-23)14-17(15-30-24)25(35)32-18-5-7-19(8-6-18)39-26(27,28)29/h5-9,11,14-15,20,23H,2-4,10,12-13,16H2,1H3,(H,32,35)/t20-,23?/m1/s1. The van der Waals surface area contributed by atoms with Gasteiger partial charge in [-0.2, -0.15) is 5.10 Å². The molecule has 0 radical (unpaired) electrons. The minimum Gasteiger partial charge on any atom is -0.420 e. The van der Waals surface area contributed by atoms with E-state index in [0.717, 1.165) is 19.3 Å². The van der Waals surface area contributed by atoms with Crippen molar-refractivity contribution in [3.8, 4) is 17.0 Å². The second kappa shape index (κ2) is 11.3. The number of amides is 1. The highest BCUT2D eigenvalue weighted by atomic mass is 35.5. The summed E-state index contributed by atoms with van der Waals surface area (Å²) in [5.74, 6) is -0.0988. The number of carbonyl (C=O) groups is 1. The maximum Gasteiger partial charge on any atom is 0.487 e. The predicted octanol–water partition coefficient (Wildman–Crippen LogP) is 4.69. The zero-order valence-corrected chi connectivity index (χ0v) is 23.2. The lowest BCUT2D eigenvalue weighted by molar-refractivity contribution is -0.0964. The molecule has 1 aromatic carbocycles. The van der Waals surface area contributed by atoms with Gasteiger partial charge < -0.3 is 19.7 Å². The summed E-state index contributed by atoms with van der Waals surface area (Å²) >= 11 is 4.80. The highest BCUT2D eigenvalue weighted by molar-refractivity contribution is 7.91. The molecule has 3 aromatic rings. The number of sulfone groups is 1. The molecular weight excluding hydrogens is 568 g/mol. The monoisotopic (exact) mass is 595 g/mol. The minimum absolute atomic E-state index is 0.164. The lowest BCUT2D eigenvalue weighted by Crippen LogP contribution is -2.27. The number of nitrogens with zero attached hydrogens (tertiary/aromatic N) is 4. The van der Waals surface area contributed by atoms with Gasteiger partial charge in [-0.25, -0.2) is 18.1 Å². The van der Waals surface area contributed by atoms with Crippen LogP contribution in [0.25, 0.3) is 11.3 Å². The molecule has 2 fully saturated rings. The molecule has 2 atom stereocenters. The second-order valence-electron chi connectivity index (χ2n) is 9.79. The van der Waals surface area contributed by atoms with Crippen LogP contribution in [0, 0.1) is 0 Å². The molecule has 2 aliphatic heterocycles. The van der Waals surface area contributed by atoms with Crippen molar-refractivity contribution >= 4 is 38.9 Å². The molecule has 0 spiro atoms. The number of ether oxygens (including phenoxy) is 2. The maximum atomic E-state index is 13.2. The van der Waals surface area contributed by atoms with Crippen molar-refractivity contribution in [3.63, 3.8) is 0 Å². The molecular formula is C26H28ClF2N5O5S. The molecule has 0 saturated carbocycles. The summed E-state index contributed by atoms with van der Waals surface area (Å²) in [6.45, 7) is 1.40. The first-order valence-electron chi connectivity index (χ1n) is 12.7. The van der Waals surface area contributed by atoms with Gasteiger partial charge in [-0.15, -0.1) is 8.78 Å². The third kappa shape index (κ3) is 6.53. The van der Waals surface area contributed by atoms with Gasteiger partial charge in [-0.1, -0.05) is 0 Å². The topological polar surface area (TPSA) is 116 Å². The largest absolute Gasteiger partial charge is 0.487 e. The number of aromatic nitrogens is 3. The summed E-state index contributed by atoms with van der Waals surface area (Å²) in [4.78, 5) is 19.7. The third-order valence-corrected chi connectivity index (χ3v) is 8.57. The lowest BCUT2D eigenvalue weighted by atomic mass is 10.1. The summed E-state index contributed by atoms with van der Waals surface area (Å²) in [6.07, 6.45) is 7.26. The average Bonchev–Trinajstić information content (AvgIpc) is 3.60. The minimum atomic E-state index is -3.85. The molecule has 214 valence electrons. The van der Waals surface area contributed by atoms with E-state index in [9.17, 15) is 22.0 Å². The van der Waals surface area contributed by atoms with Crippen molar-refractivity contribution in [2.24, 2.45) is 0 Å². The summed E-state index contributed by atoms with van der Waals surface area (Å²) in [5, 5.41) is 6.70. The normalized spacial score (nSPS) is 19.9. The lowest BCUT2D eigenvalue weighted by Gasteiger charge is -2.26. The molecule has 2 saturated heterocycles. The van der Waals surface area contributed by atoms with Gasteiger partial charge in [0.1, 0.15) is 11.6 Å². The van der Waals surface area contributed by atoms with Gasteiger partial charge in [0.05, 0.1) is 16.5 Å². The van der Waals surface area contributed by atoms with E-state index in [1.54, 1.807) is 16.9 Å². The van der Waals surface area contributed by atoms with Crippen LogP contribution in [0.2, 0.25) is 0 Å². The van der Waals surface area contributed by atoms with Crippen molar-refractivity contribution in [2.45, 2.75) is 42.7 Å². The van der Waals surface area contributed by atoms with Crippen LogP contribution in [0.4, 0.5) is 20.3 Å².